The number of fused-ring (bicyclic) bond motifs is 1. The van der Waals surface area contributed by atoms with E-state index in [0.717, 1.165) is 17.9 Å². The fourth-order valence-corrected chi connectivity index (χ4v) is 5.08. The lowest BCUT2D eigenvalue weighted by molar-refractivity contribution is -0.117. The van der Waals surface area contributed by atoms with Crippen molar-refractivity contribution in [3.63, 3.8) is 0 Å². The molecule has 4 heterocycles. The summed E-state index contributed by atoms with van der Waals surface area (Å²) < 4.78 is 35.0. The third kappa shape index (κ3) is 3.80. The second-order valence-corrected chi connectivity index (χ2v) is 9.29. The van der Waals surface area contributed by atoms with Crippen LogP contribution in [0, 0.1) is 5.41 Å². The number of hydrogen-bond acceptors (Lipinski definition) is 7. The number of carbonyl (C=O) groups is 1. The molecular weight excluding hydrogens is 442 g/mol. The van der Waals surface area contributed by atoms with Crippen LogP contribution in [-0.4, -0.2) is 48.2 Å². The van der Waals surface area contributed by atoms with Crippen LogP contribution in [0.4, 0.5) is 26.1 Å². The van der Waals surface area contributed by atoms with Gasteiger partial charge >= 0.3 is 0 Å². The summed E-state index contributed by atoms with van der Waals surface area (Å²) in [5.74, 6) is -2.59. The molecule has 0 radical (unpaired) electrons. The highest BCUT2D eigenvalue weighted by atomic mass is 19.3. The van der Waals surface area contributed by atoms with Crippen molar-refractivity contribution in [1.82, 2.24) is 9.97 Å². The normalized spacial score (nSPS) is 25.2. The Hall–Kier alpha value is -3.11. The van der Waals surface area contributed by atoms with Crippen molar-refractivity contribution in [2.24, 2.45) is 11.1 Å². The molecule has 1 spiro atoms. The Labute approximate surface area is 196 Å². The molecule has 2 atom stereocenters. The predicted molar refractivity (Wildman–Crippen MR) is 125 cm³/mol. The van der Waals surface area contributed by atoms with Gasteiger partial charge in [-0.15, -0.1) is 0 Å². The largest absolute Gasteiger partial charge is 0.382 e. The third-order valence-corrected chi connectivity index (χ3v) is 7.13. The zero-order valence-electron chi connectivity index (χ0n) is 19.0. The van der Waals surface area contributed by atoms with E-state index in [-0.39, 0.29) is 28.5 Å². The molecule has 4 N–H and O–H groups in total. The van der Waals surface area contributed by atoms with E-state index in [2.05, 4.69) is 16.0 Å². The van der Waals surface area contributed by atoms with Gasteiger partial charge in [-0.1, -0.05) is 18.2 Å². The first-order valence-electron chi connectivity index (χ1n) is 11.4. The molecule has 0 bridgehead atoms. The molecule has 2 unspecified atom stereocenters. The minimum absolute atomic E-state index is 0.0150. The summed E-state index contributed by atoms with van der Waals surface area (Å²) >= 11 is 0. The number of aryl methyl sites for hydroxylation is 2. The number of amides is 1. The summed E-state index contributed by atoms with van der Waals surface area (Å²) in [6.07, 6.45) is 7.21. The van der Waals surface area contributed by atoms with Crippen LogP contribution in [0.1, 0.15) is 30.2 Å². The lowest BCUT2D eigenvalue weighted by atomic mass is 9.78. The van der Waals surface area contributed by atoms with Crippen molar-refractivity contribution in [3.05, 3.63) is 53.5 Å². The molecule has 3 aliphatic heterocycles. The number of nitrogens with two attached hydrogens (primary N) is 2. The van der Waals surface area contributed by atoms with Crippen LogP contribution in [0.15, 0.2) is 36.7 Å². The molecule has 34 heavy (non-hydrogen) atoms. The number of nitrogens with zero attached hydrogens (tertiary/aromatic N) is 4. The highest BCUT2D eigenvalue weighted by Crippen LogP contribution is 2.45. The van der Waals surface area contributed by atoms with E-state index >= 15 is 0 Å². The van der Waals surface area contributed by atoms with E-state index in [1.54, 1.807) is 24.4 Å². The molecule has 1 aromatic carbocycles. The van der Waals surface area contributed by atoms with Crippen LogP contribution in [0.2, 0.25) is 0 Å². The summed E-state index contributed by atoms with van der Waals surface area (Å²) in [6.45, 7) is 2.57. The number of benzene rings is 1. The van der Waals surface area contributed by atoms with Gasteiger partial charge in [0.25, 0.3) is 5.92 Å². The monoisotopic (exact) mass is 470 g/mol. The zero-order valence-corrected chi connectivity index (χ0v) is 19.0. The van der Waals surface area contributed by atoms with Gasteiger partial charge < -0.3 is 26.0 Å². The number of ether oxygens (including phenoxy) is 1. The van der Waals surface area contributed by atoms with E-state index in [4.69, 9.17) is 16.2 Å². The van der Waals surface area contributed by atoms with Crippen molar-refractivity contribution in [2.75, 3.05) is 41.8 Å². The van der Waals surface area contributed by atoms with Crippen molar-refractivity contribution in [1.29, 1.82) is 0 Å². The Morgan fingerprint density at radius 1 is 1.32 bits per heavy atom. The number of aromatic nitrogens is 2. The smallest absolute Gasteiger partial charge is 0.293 e. The topological polar surface area (TPSA) is 111 Å². The number of rotatable bonds is 4. The predicted octanol–water partition coefficient (Wildman–Crippen LogP) is 2.37. The molecule has 1 saturated heterocycles. The van der Waals surface area contributed by atoms with Crippen molar-refractivity contribution in [3.8, 4) is 0 Å². The van der Waals surface area contributed by atoms with E-state index in [1.165, 1.54) is 6.92 Å². The first-order valence-corrected chi connectivity index (χ1v) is 11.4. The molecule has 8 nitrogen and oxygen atoms in total. The van der Waals surface area contributed by atoms with Gasteiger partial charge in [0.2, 0.25) is 5.91 Å². The molecule has 180 valence electrons. The van der Waals surface area contributed by atoms with Crippen molar-refractivity contribution in [2.45, 2.75) is 38.2 Å². The molecular formula is C24H28F2N6O2. The highest BCUT2D eigenvalue weighted by Gasteiger charge is 2.46. The van der Waals surface area contributed by atoms with Crippen molar-refractivity contribution >= 4 is 23.2 Å². The number of alkyl halides is 2. The van der Waals surface area contributed by atoms with Crippen LogP contribution in [-0.2, 0) is 28.3 Å². The number of hydrogen-bond donors (Lipinski definition) is 2. The van der Waals surface area contributed by atoms with Gasteiger partial charge in [-0.25, -0.2) is 4.98 Å². The van der Waals surface area contributed by atoms with Gasteiger partial charge in [-0.05, 0) is 30.9 Å². The third-order valence-electron chi connectivity index (χ3n) is 7.13. The first-order chi connectivity index (χ1) is 16.2. The number of halogens is 2. The van der Waals surface area contributed by atoms with Gasteiger partial charge in [0.1, 0.15) is 5.82 Å². The molecule has 10 heteroatoms. The van der Waals surface area contributed by atoms with Crippen molar-refractivity contribution < 1.29 is 18.3 Å². The van der Waals surface area contributed by atoms with Crippen LogP contribution in [0.5, 0.6) is 0 Å². The molecule has 0 saturated carbocycles. The zero-order chi connectivity index (χ0) is 24.1. The fraction of sp³-hybridized carbons (Fsp3) is 0.458. The maximum absolute atomic E-state index is 14.7. The molecule has 1 amide bonds. The minimum atomic E-state index is -3.09. The van der Waals surface area contributed by atoms with Gasteiger partial charge in [0.15, 0.2) is 5.82 Å². The van der Waals surface area contributed by atoms with E-state index in [0.29, 0.717) is 43.1 Å². The van der Waals surface area contributed by atoms with Crippen LogP contribution in [0.25, 0.3) is 0 Å². The SMILES string of the molecule is CC(=O)N1CC(F)(F)c2c(CCc3ncc(N4C=CC5(CC4)COCC5N)nc3N)cccc21. The van der Waals surface area contributed by atoms with E-state index in [9.17, 15) is 13.6 Å². The standard InChI is InChI=1S/C24H28F2N6O2/c1-15(33)32-13-24(25,26)21-16(3-2-4-18(21)32)5-6-17-22(28)30-20(11-29-17)31-9-7-23(8-10-31)14-34-12-19(23)27/h2-4,7,9,11,19H,5-6,8,10,12-14,27H2,1H3,(H2,28,30). The minimum Gasteiger partial charge on any atom is -0.382 e. The van der Waals surface area contributed by atoms with Crippen LogP contribution in [0.3, 0.4) is 0 Å². The lowest BCUT2D eigenvalue weighted by Gasteiger charge is -2.35. The maximum atomic E-state index is 14.7. The van der Waals surface area contributed by atoms with Gasteiger partial charge in [0, 0.05) is 36.7 Å². The summed E-state index contributed by atoms with van der Waals surface area (Å²) in [5, 5.41) is 0. The van der Waals surface area contributed by atoms with E-state index in [1.807, 2.05) is 11.1 Å². The Kier molecular flexibility index (Phi) is 5.52. The molecule has 1 aromatic heterocycles. The molecule has 2 aromatic rings. The fourth-order valence-electron chi connectivity index (χ4n) is 5.08. The summed E-state index contributed by atoms with van der Waals surface area (Å²) in [7, 11) is 0. The van der Waals surface area contributed by atoms with Crippen LogP contribution >= 0.6 is 0 Å². The number of carbonyl (C=O) groups excluding carboxylic acids is 1. The Morgan fingerprint density at radius 2 is 2.15 bits per heavy atom. The molecule has 5 rings (SSSR count). The molecule has 3 aliphatic rings. The first kappa shape index (κ1) is 22.7. The average molecular weight is 471 g/mol. The average Bonchev–Trinajstić information content (AvgIpc) is 3.30. The van der Waals surface area contributed by atoms with Gasteiger partial charge in [-0.3, -0.25) is 9.78 Å². The second kappa shape index (κ2) is 8.28. The molecule has 0 aliphatic carbocycles. The quantitative estimate of drug-likeness (QED) is 0.706. The Balaban J connectivity index is 1.31. The molecule has 1 fully saturated rings. The Bertz CT molecular complexity index is 1160. The second-order valence-electron chi connectivity index (χ2n) is 9.29. The summed E-state index contributed by atoms with van der Waals surface area (Å²) in [6, 6.07) is 4.91. The Morgan fingerprint density at radius 3 is 2.79 bits per heavy atom. The lowest BCUT2D eigenvalue weighted by Crippen LogP contribution is -2.44. The summed E-state index contributed by atoms with van der Waals surface area (Å²) in [5.41, 5.74) is 13.5. The number of nitrogen functional groups attached to an aromatic ring is 1. The van der Waals surface area contributed by atoms with Gasteiger partial charge in [0.05, 0.1) is 37.3 Å². The van der Waals surface area contributed by atoms with E-state index < -0.39 is 18.4 Å². The van der Waals surface area contributed by atoms with Gasteiger partial charge in [-0.2, -0.15) is 8.78 Å². The summed E-state index contributed by atoms with van der Waals surface area (Å²) in [4.78, 5) is 23.9. The maximum Gasteiger partial charge on any atom is 0.293 e. The number of anilines is 3. The van der Waals surface area contributed by atoms with Crippen LogP contribution < -0.4 is 21.3 Å². The highest BCUT2D eigenvalue weighted by molar-refractivity contribution is 5.94.